The molecular formula is C10H16N2OS. The second-order valence-corrected chi connectivity index (χ2v) is 4.87. The topological polar surface area (TPSA) is 48.1 Å². The van der Waals surface area contributed by atoms with Crippen LogP contribution in [0, 0.1) is 5.92 Å². The zero-order valence-electron chi connectivity index (χ0n) is 8.35. The van der Waals surface area contributed by atoms with Crippen LogP contribution in [0.2, 0.25) is 0 Å². The normalized spacial score (nSPS) is 29.3. The van der Waals surface area contributed by atoms with Crippen LogP contribution in [0.5, 0.6) is 0 Å². The summed E-state index contributed by atoms with van der Waals surface area (Å²) in [6.07, 6.45) is 4.02. The van der Waals surface area contributed by atoms with Crippen LogP contribution < -0.4 is 5.73 Å². The van der Waals surface area contributed by atoms with Crippen molar-refractivity contribution in [2.24, 2.45) is 11.7 Å². The number of hydrogen-bond acceptors (Lipinski definition) is 4. The Kier molecular flexibility index (Phi) is 3.15. The Labute approximate surface area is 88.3 Å². The summed E-state index contributed by atoms with van der Waals surface area (Å²) in [5.74, 6) is 0.588. The number of thiazole rings is 1. The van der Waals surface area contributed by atoms with E-state index in [1.165, 1.54) is 0 Å². The number of nitrogens with two attached hydrogens (primary N) is 1. The average Bonchev–Trinajstić information content (AvgIpc) is 2.75. The number of rotatable bonds is 3. The lowest BCUT2D eigenvalue weighted by atomic mass is 9.96. The predicted molar refractivity (Wildman–Crippen MR) is 57.3 cm³/mol. The monoisotopic (exact) mass is 212 g/mol. The van der Waals surface area contributed by atoms with E-state index in [1.807, 2.05) is 11.6 Å². The fraction of sp³-hybridized carbons (Fsp3) is 0.700. The van der Waals surface area contributed by atoms with Crippen LogP contribution in [0.3, 0.4) is 0 Å². The highest BCUT2D eigenvalue weighted by molar-refractivity contribution is 7.09. The summed E-state index contributed by atoms with van der Waals surface area (Å²) in [6, 6.07) is 0.0960. The summed E-state index contributed by atoms with van der Waals surface area (Å²) in [5.41, 5.74) is 6.10. The fourth-order valence-electron chi connectivity index (χ4n) is 1.94. The predicted octanol–water partition coefficient (Wildman–Crippen LogP) is 1.44. The number of ether oxygens (including phenoxy) is 1. The largest absolute Gasteiger partial charge is 0.376 e. The Morgan fingerprint density at radius 3 is 3.21 bits per heavy atom. The Morgan fingerprint density at radius 1 is 1.79 bits per heavy atom. The molecule has 0 radical (unpaired) electrons. The molecule has 2 heterocycles. The molecule has 3 atom stereocenters. The van der Waals surface area contributed by atoms with E-state index in [0.717, 1.165) is 24.5 Å². The Morgan fingerprint density at radius 2 is 2.64 bits per heavy atom. The lowest BCUT2D eigenvalue weighted by Crippen LogP contribution is -2.39. The molecule has 0 bridgehead atoms. The van der Waals surface area contributed by atoms with Gasteiger partial charge in [0.05, 0.1) is 11.1 Å². The minimum absolute atomic E-state index is 0.0960. The lowest BCUT2D eigenvalue weighted by Gasteiger charge is -2.21. The molecule has 2 N–H and O–H groups in total. The van der Waals surface area contributed by atoms with Gasteiger partial charge in [-0.05, 0) is 12.3 Å². The highest BCUT2D eigenvalue weighted by Gasteiger charge is 2.30. The van der Waals surface area contributed by atoms with Crippen molar-refractivity contribution in [3.8, 4) is 0 Å². The maximum absolute atomic E-state index is 6.10. The summed E-state index contributed by atoms with van der Waals surface area (Å²) in [6.45, 7) is 3.07. The van der Waals surface area contributed by atoms with Gasteiger partial charge in [0.2, 0.25) is 0 Å². The molecular weight excluding hydrogens is 196 g/mol. The second kappa shape index (κ2) is 4.38. The van der Waals surface area contributed by atoms with Gasteiger partial charge in [0.1, 0.15) is 0 Å². The van der Waals surface area contributed by atoms with Crippen LogP contribution >= 0.6 is 11.3 Å². The molecule has 1 saturated heterocycles. The van der Waals surface area contributed by atoms with Crippen LogP contribution in [-0.4, -0.2) is 23.7 Å². The Bertz CT molecular complexity index is 276. The molecule has 3 nitrogen and oxygen atoms in total. The quantitative estimate of drug-likeness (QED) is 0.824. The van der Waals surface area contributed by atoms with Crippen molar-refractivity contribution in [3.63, 3.8) is 0 Å². The highest BCUT2D eigenvalue weighted by atomic mass is 32.1. The van der Waals surface area contributed by atoms with E-state index in [1.54, 1.807) is 11.3 Å². The summed E-state index contributed by atoms with van der Waals surface area (Å²) in [4.78, 5) is 4.24. The first kappa shape index (κ1) is 10.1. The molecule has 14 heavy (non-hydrogen) atoms. The van der Waals surface area contributed by atoms with Gasteiger partial charge in [-0.1, -0.05) is 6.92 Å². The minimum Gasteiger partial charge on any atom is -0.376 e. The molecule has 2 rings (SSSR count). The van der Waals surface area contributed by atoms with E-state index in [4.69, 9.17) is 10.5 Å². The SMILES string of the molecule is CC1CCOC1C(N)Cc1nccs1. The van der Waals surface area contributed by atoms with Crippen LogP contribution in [0.4, 0.5) is 0 Å². The van der Waals surface area contributed by atoms with E-state index in [-0.39, 0.29) is 12.1 Å². The lowest BCUT2D eigenvalue weighted by molar-refractivity contribution is 0.0726. The molecule has 3 unspecified atom stereocenters. The van der Waals surface area contributed by atoms with E-state index < -0.39 is 0 Å². The molecule has 78 valence electrons. The molecule has 0 spiro atoms. The number of aromatic nitrogens is 1. The Hall–Kier alpha value is -0.450. The van der Waals surface area contributed by atoms with Crippen LogP contribution in [0.15, 0.2) is 11.6 Å². The van der Waals surface area contributed by atoms with Crippen LogP contribution in [0.1, 0.15) is 18.4 Å². The molecule has 1 fully saturated rings. The van der Waals surface area contributed by atoms with Gasteiger partial charge >= 0.3 is 0 Å². The van der Waals surface area contributed by atoms with E-state index in [0.29, 0.717) is 5.92 Å². The summed E-state index contributed by atoms with van der Waals surface area (Å²) < 4.78 is 5.63. The van der Waals surface area contributed by atoms with Gasteiger partial charge in [-0.25, -0.2) is 4.98 Å². The van der Waals surface area contributed by atoms with Crippen molar-refractivity contribution in [1.82, 2.24) is 4.98 Å². The van der Waals surface area contributed by atoms with Gasteiger partial charge in [0.15, 0.2) is 0 Å². The maximum atomic E-state index is 6.10. The average molecular weight is 212 g/mol. The Balaban J connectivity index is 1.92. The highest BCUT2D eigenvalue weighted by Crippen LogP contribution is 2.23. The molecule has 4 heteroatoms. The summed E-state index contributed by atoms with van der Waals surface area (Å²) in [7, 11) is 0. The first-order valence-electron chi connectivity index (χ1n) is 5.03. The van der Waals surface area contributed by atoms with E-state index in [2.05, 4.69) is 11.9 Å². The molecule has 0 aliphatic carbocycles. The van der Waals surface area contributed by atoms with E-state index >= 15 is 0 Å². The van der Waals surface area contributed by atoms with Crippen LogP contribution in [0.25, 0.3) is 0 Å². The zero-order valence-corrected chi connectivity index (χ0v) is 9.17. The standard InChI is InChI=1S/C10H16N2OS/c1-7-2-4-13-10(7)8(11)6-9-12-3-5-14-9/h3,5,7-8,10H,2,4,6,11H2,1H3. The first-order valence-corrected chi connectivity index (χ1v) is 5.91. The minimum atomic E-state index is 0.0960. The van der Waals surface area contributed by atoms with Gasteiger partial charge in [0, 0.05) is 30.6 Å². The van der Waals surface area contributed by atoms with Crippen molar-refractivity contribution in [3.05, 3.63) is 16.6 Å². The van der Waals surface area contributed by atoms with Crippen molar-refractivity contribution in [2.45, 2.75) is 31.9 Å². The van der Waals surface area contributed by atoms with Gasteiger partial charge in [-0.2, -0.15) is 0 Å². The first-order chi connectivity index (χ1) is 6.77. The second-order valence-electron chi connectivity index (χ2n) is 3.90. The molecule has 1 aromatic heterocycles. The van der Waals surface area contributed by atoms with Crippen molar-refractivity contribution >= 4 is 11.3 Å². The maximum Gasteiger partial charge on any atom is 0.0941 e. The fourth-order valence-corrected chi connectivity index (χ4v) is 2.62. The third-order valence-corrected chi connectivity index (χ3v) is 3.56. The number of nitrogens with zero attached hydrogens (tertiary/aromatic N) is 1. The van der Waals surface area contributed by atoms with Gasteiger partial charge in [-0.15, -0.1) is 11.3 Å². The molecule has 0 saturated carbocycles. The summed E-state index contributed by atoms with van der Waals surface area (Å²) >= 11 is 1.66. The smallest absolute Gasteiger partial charge is 0.0941 e. The molecule has 0 aromatic carbocycles. The third kappa shape index (κ3) is 2.13. The molecule has 1 aromatic rings. The summed E-state index contributed by atoms with van der Waals surface area (Å²) in [5, 5.41) is 3.10. The van der Waals surface area contributed by atoms with Gasteiger partial charge < -0.3 is 10.5 Å². The van der Waals surface area contributed by atoms with Crippen molar-refractivity contribution in [1.29, 1.82) is 0 Å². The van der Waals surface area contributed by atoms with Crippen molar-refractivity contribution in [2.75, 3.05) is 6.61 Å². The van der Waals surface area contributed by atoms with E-state index in [9.17, 15) is 0 Å². The zero-order chi connectivity index (χ0) is 9.97. The van der Waals surface area contributed by atoms with Gasteiger partial charge in [0.25, 0.3) is 0 Å². The number of hydrogen-bond donors (Lipinski definition) is 1. The molecule has 0 amide bonds. The third-order valence-electron chi connectivity index (χ3n) is 2.76. The van der Waals surface area contributed by atoms with Crippen LogP contribution in [-0.2, 0) is 11.2 Å². The van der Waals surface area contributed by atoms with Gasteiger partial charge in [-0.3, -0.25) is 0 Å². The molecule has 1 aliphatic heterocycles. The van der Waals surface area contributed by atoms with Crippen molar-refractivity contribution < 1.29 is 4.74 Å². The molecule has 1 aliphatic rings.